The van der Waals surface area contributed by atoms with Gasteiger partial charge in [0, 0.05) is 11.6 Å². The largest absolute Gasteiger partial charge is 0.497 e. The predicted molar refractivity (Wildman–Crippen MR) is 90.0 cm³/mol. The summed E-state index contributed by atoms with van der Waals surface area (Å²) in [6, 6.07) is 16.2. The van der Waals surface area contributed by atoms with Crippen molar-refractivity contribution in [1.29, 1.82) is 0 Å². The Balaban J connectivity index is 2.34. The van der Waals surface area contributed by atoms with Gasteiger partial charge in [0.2, 0.25) is 0 Å². The molecule has 0 saturated carbocycles. The molecule has 0 amide bonds. The molecule has 21 heavy (non-hydrogen) atoms. The Hall–Kier alpha value is -2.18. The molecule has 0 fully saturated rings. The van der Waals surface area contributed by atoms with Gasteiger partial charge in [-0.05, 0) is 17.3 Å². The van der Waals surface area contributed by atoms with Crippen molar-refractivity contribution in [3.05, 3.63) is 54.1 Å². The molecule has 0 heterocycles. The Morgan fingerprint density at radius 1 is 0.857 bits per heavy atom. The maximum atomic E-state index is 5.28. The second-order valence-corrected chi connectivity index (χ2v) is 9.42. The second-order valence-electron chi connectivity index (χ2n) is 5.34. The van der Waals surface area contributed by atoms with Gasteiger partial charge in [-0.15, -0.1) is 5.54 Å². The summed E-state index contributed by atoms with van der Waals surface area (Å²) in [5, 5.41) is 1.34. The van der Waals surface area contributed by atoms with Gasteiger partial charge in [-0.1, -0.05) is 49.3 Å². The average molecular weight is 296 g/mol. The summed E-state index contributed by atoms with van der Waals surface area (Å²) in [6.45, 7) is 4.51. The highest BCUT2D eigenvalue weighted by Crippen LogP contribution is 2.21. The molecule has 0 saturated heterocycles. The van der Waals surface area contributed by atoms with Gasteiger partial charge in [0.25, 0.3) is 0 Å². The van der Waals surface area contributed by atoms with Gasteiger partial charge in [-0.3, -0.25) is 0 Å². The second kappa shape index (κ2) is 6.51. The molecule has 108 valence electrons. The lowest BCUT2D eigenvalue weighted by molar-refractivity contribution is 0.394. The lowest BCUT2D eigenvalue weighted by Crippen LogP contribution is -2.39. The predicted octanol–water partition coefficient (Wildman–Crippen LogP) is 3.21. The third-order valence-electron chi connectivity index (χ3n) is 3.37. The molecule has 0 radical (unpaired) electrons. The van der Waals surface area contributed by atoms with E-state index >= 15 is 0 Å². The van der Waals surface area contributed by atoms with Gasteiger partial charge in [-0.2, -0.15) is 0 Å². The van der Waals surface area contributed by atoms with Crippen LogP contribution in [0.2, 0.25) is 13.1 Å². The van der Waals surface area contributed by atoms with E-state index in [0.717, 1.165) is 17.1 Å². The highest BCUT2D eigenvalue weighted by atomic mass is 28.3. The minimum Gasteiger partial charge on any atom is -0.497 e. The zero-order chi connectivity index (χ0) is 15.3. The summed E-state index contributed by atoms with van der Waals surface area (Å²) < 4.78 is 10.6. The molecule has 0 spiro atoms. The quantitative estimate of drug-likeness (QED) is 0.639. The molecule has 0 aromatic heterocycles. The molecular formula is C18H20O2Si. The van der Waals surface area contributed by atoms with Crippen LogP contribution in [0.4, 0.5) is 0 Å². The number of rotatable bonds is 3. The fraction of sp³-hybridized carbons (Fsp3) is 0.222. The normalized spacial score (nSPS) is 10.5. The molecule has 0 unspecified atom stereocenters. The van der Waals surface area contributed by atoms with Crippen LogP contribution >= 0.6 is 0 Å². The highest BCUT2D eigenvalue weighted by molar-refractivity contribution is 6.96. The van der Waals surface area contributed by atoms with Crippen molar-refractivity contribution >= 4 is 13.3 Å². The van der Waals surface area contributed by atoms with Crippen LogP contribution < -0.4 is 14.7 Å². The maximum Gasteiger partial charge on any atom is 0.163 e. The van der Waals surface area contributed by atoms with Crippen molar-refractivity contribution in [3.63, 3.8) is 0 Å². The summed E-state index contributed by atoms with van der Waals surface area (Å²) in [4.78, 5) is 0. The van der Waals surface area contributed by atoms with Gasteiger partial charge in [-0.25, -0.2) is 0 Å². The monoisotopic (exact) mass is 296 g/mol. The van der Waals surface area contributed by atoms with E-state index in [2.05, 4.69) is 48.8 Å². The SMILES string of the molecule is COc1cc(C#C[Si](C)(C)c2ccccc2)cc(OC)c1. The van der Waals surface area contributed by atoms with Crippen molar-refractivity contribution in [2.75, 3.05) is 14.2 Å². The fourth-order valence-electron chi connectivity index (χ4n) is 2.04. The Kier molecular flexibility index (Phi) is 4.72. The van der Waals surface area contributed by atoms with Crippen molar-refractivity contribution < 1.29 is 9.47 Å². The maximum absolute atomic E-state index is 5.28. The van der Waals surface area contributed by atoms with Crippen molar-refractivity contribution in [1.82, 2.24) is 0 Å². The molecule has 3 heteroatoms. The molecule has 0 aliphatic heterocycles. The summed E-state index contributed by atoms with van der Waals surface area (Å²) in [5.74, 6) is 4.81. The van der Waals surface area contributed by atoms with E-state index in [1.54, 1.807) is 14.2 Å². The van der Waals surface area contributed by atoms with Crippen molar-refractivity contribution in [3.8, 4) is 23.0 Å². The summed E-state index contributed by atoms with van der Waals surface area (Å²) >= 11 is 0. The van der Waals surface area contributed by atoms with Gasteiger partial charge >= 0.3 is 0 Å². The minimum absolute atomic E-state index is 0.762. The first kappa shape index (κ1) is 15.2. The molecule has 0 aliphatic carbocycles. The van der Waals surface area contributed by atoms with E-state index in [1.807, 2.05) is 24.3 Å². The van der Waals surface area contributed by atoms with Crippen LogP contribution in [-0.4, -0.2) is 22.3 Å². The summed E-state index contributed by atoms with van der Waals surface area (Å²) in [7, 11) is 1.53. The number of hydrogen-bond acceptors (Lipinski definition) is 2. The Morgan fingerprint density at radius 3 is 1.95 bits per heavy atom. The van der Waals surface area contributed by atoms with Gasteiger partial charge in [0.05, 0.1) is 14.2 Å². The molecule has 2 aromatic carbocycles. The first-order valence-electron chi connectivity index (χ1n) is 6.87. The van der Waals surface area contributed by atoms with Crippen LogP contribution in [0.3, 0.4) is 0 Å². The summed E-state index contributed by atoms with van der Waals surface area (Å²) in [5.41, 5.74) is 4.39. The first-order chi connectivity index (χ1) is 10.0. The molecule has 0 N–H and O–H groups in total. The van der Waals surface area contributed by atoms with E-state index in [9.17, 15) is 0 Å². The van der Waals surface area contributed by atoms with Crippen LogP contribution in [0.5, 0.6) is 11.5 Å². The topological polar surface area (TPSA) is 18.5 Å². The van der Waals surface area contributed by atoms with Crippen molar-refractivity contribution in [2.24, 2.45) is 0 Å². The lowest BCUT2D eigenvalue weighted by Gasteiger charge is -2.14. The zero-order valence-electron chi connectivity index (χ0n) is 12.9. The minimum atomic E-state index is -1.76. The van der Waals surface area contributed by atoms with Crippen LogP contribution in [0, 0.1) is 11.5 Å². The average Bonchev–Trinajstić information content (AvgIpc) is 2.53. The van der Waals surface area contributed by atoms with Crippen LogP contribution in [0.1, 0.15) is 5.56 Å². The summed E-state index contributed by atoms with van der Waals surface area (Å²) in [6.07, 6.45) is 0. The highest BCUT2D eigenvalue weighted by Gasteiger charge is 2.20. The first-order valence-corrected chi connectivity index (χ1v) is 9.87. The van der Waals surface area contributed by atoms with E-state index in [4.69, 9.17) is 9.47 Å². The van der Waals surface area contributed by atoms with E-state index < -0.39 is 8.07 Å². The number of benzene rings is 2. The number of hydrogen-bond donors (Lipinski definition) is 0. The Bertz CT molecular complexity index is 644. The standard InChI is InChI=1S/C18H20O2Si/c1-19-16-12-15(13-17(14-16)20-2)10-11-21(3,4)18-8-6-5-7-9-18/h5-9,12-14H,1-4H3. The number of ether oxygens (including phenoxy) is 2. The molecule has 0 aliphatic rings. The zero-order valence-corrected chi connectivity index (χ0v) is 13.9. The molecular weight excluding hydrogens is 276 g/mol. The lowest BCUT2D eigenvalue weighted by atomic mass is 10.2. The van der Waals surface area contributed by atoms with E-state index in [-0.39, 0.29) is 0 Å². The fourth-order valence-corrected chi connectivity index (χ4v) is 3.66. The number of methoxy groups -OCH3 is 2. The molecule has 0 atom stereocenters. The smallest absolute Gasteiger partial charge is 0.163 e. The van der Waals surface area contributed by atoms with Gasteiger partial charge in [0.1, 0.15) is 11.5 Å². The Labute approximate surface area is 127 Å². The third-order valence-corrected chi connectivity index (χ3v) is 5.89. The molecule has 2 rings (SSSR count). The Morgan fingerprint density at radius 2 is 1.43 bits per heavy atom. The van der Waals surface area contributed by atoms with Crippen LogP contribution in [0.15, 0.2) is 48.5 Å². The van der Waals surface area contributed by atoms with Crippen LogP contribution in [-0.2, 0) is 0 Å². The van der Waals surface area contributed by atoms with Gasteiger partial charge in [0.15, 0.2) is 8.07 Å². The van der Waals surface area contributed by atoms with Gasteiger partial charge < -0.3 is 9.47 Å². The van der Waals surface area contributed by atoms with Crippen molar-refractivity contribution in [2.45, 2.75) is 13.1 Å². The van der Waals surface area contributed by atoms with E-state index in [0.29, 0.717) is 0 Å². The molecule has 2 aromatic rings. The van der Waals surface area contributed by atoms with E-state index in [1.165, 1.54) is 5.19 Å². The molecule has 2 nitrogen and oxygen atoms in total. The molecule has 0 bridgehead atoms. The van der Waals surface area contributed by atoms with Crippen LogP contribution in [0.25, 0.3) is 0 Å². The third kappa shape index (κ3) is 3.90.